The predicted molar refractivity (Wildman–Crippen MR) is 170 cm³/mol. The number of carboxylic acid groups (broad SMARTS) is 3. The normalized spacial score (nSPS) is 16.0. The number of hydrogen-bond donors (Lipinski definition) is 7. The second-order valence-corrected chi connectivity index (χ2v) is 11.5. The molecule has 19 nitrogen and oxygen atoms in total. The van der Waals surface area contributed by atoms with E-state index in [1.807, 2.05) is 0 Å². The van der Waals surface area contributed by atoms with Gasteiger partial charge in [0, 0.05) is 37.7 Å². The molecule has 2 rings (SSSR count). The number of anilines is 1. The van der Waals surface area contributed by atoms with E-state index in [1.54, 1.807) is 13.8 Å². The van der Waals surface area contributed by atoms with Crippen LogP contribution in [0.3, 0.4) is 0 Å². The molecule has 288 valence electrons. The van der Waals surface area contributed by atoms with Gasteiger partial charge in [-0.25, -0.2) is 4.79 Å². The van der Waals surface area contributed by atoms with Crippen LogP contribution in [0.1, 0.15) is 59.3 Å². The minimum absolute atomic E-state index is 0.0649. The summed E-state index contributed by atoms with van der Waals surface area (Å²) in [6.45, 7) is 4.82. The van der Waals surface area contributed by atoms with Crippen molar-refractivity contribution in [2.45, 2.75) is 89.6 Å². The van der Waals surface area contributed by atoms with Gasteiger partial charge in [-0.1, -0.05) is 20.3 Å². The maximum absolute atomic E-state index is 13.6. The average molecular weight is 749 g/mol. The quantitative estimate of drug-likeness (QED) is 0.0919. The molecule has 0 spiro atoms. The molecule has 5 amide bonds. The smallest absolute Gasteiger partial charge is 0.481 e. The first-order valence-corrected chi connectivity index (χ1v) is 15.6. The molecular formula is C30H39F3N6O13. The molecule has 1 heterocycles. The maximum Gasteiger partial charge on any atom is 0.490 e. The summed E-state index contributed by atoms with van der Waals surface area (Å²) in [5, 5.41) is 46.4. The number of nitrogens with one attached hydrogen (secondary N) is 4. The monoisotopic (exact) mass is 748 g/mol. The average Bonchev–Trinajstić information content (AvgIpc) is 3.54. The second-order valence-electron chi connectivity index (χ2n) is 11.5. The summed E-state index contributed by atoms with van der Waals surface area (Å²) >= 11 is 0. The molecule has 0 saturated carbocycles. The number of carbonyl (C=O) groups excluding carboxylic acids is 5. The highest BCUT2D eigenvalue weighted by molar-refractivity contribution is 6.01. The van der Waals surface area contributed by atoms with Crippen LogP contribution in [0.5, 0.6) is 0 Å². The minimum Gasteiger partial charge on any atom is -0.481 e. The van der Waals surface area contributed by atoms with Crippen molar-refractivity contribution in [3.05, 3.63) is 34.4 Å². The Morgan fingerprint density at radius 2 is 1.52 bits per heavy atom. The van der Waals surface area contributed by atoms with Gasteiger partial charge in [0.1, 0.15) is 24.2 Å². The number of likely N-dealkylation sites (tertiary alicyclic amines) is 1. The van der Waals surface area contributed by atoms with Crippen molar-refractivity contribution < 1.29 is 71.8 Å². The number of nitrogens with zero attached hydrogens (tertiary/aromatic N) is 2. The summed E-state index contributed by atoms with van der Waals surface area (Å²) in [6, 6.07) is -0.386. The Bertz CT molecular complexity index is 1510. The van der Waals surface area contributed by atoms with Gasteiger partial charge in [-0.3, -0.25) is 43.7 Å². The lowest BCUT2D eigenvalue weighted by molar-refractivity contribution is -0.384. The summed E-state index contributed by atoms with van der Waals surface area (Å²) < 4.78 is 31.7. The zero-order valence-electron chi connectivity index (χ0n) is 28.1. The molecule has 0 bridgehead atoms. The number of carbonyl (C=O) groups is 8. The minimum atomic E-state index is -5.08. The third kappa shape index (κ3) is 14.6. The molecule has 1 aromatic carbocycles. The number of aliphatic carboxylic acids is 3. The number of hydrogen-bond acceptors (Lipinski definition) is 10. The number of halogens is 3. The molecule has 5 atom stereocenters. The van der Waals surface area contributed by atoms with Crippen molar-refractivity contribution in [2.24, 2.45) is 5.92 Å². The van der Waals surface area contributed by atoms with Crippen molar-refractivity contribution in [2.75, 3.05) is 11.9 Å². The summed E-state index contributed by atoms with van der Waals surface area (Å²) in [5.74, 6) is -9.41. The number of rotatable bonds is 16. The van der Waals surface area contributed by atoms with Gasteiger partial charge in [0.25, 0.3) is 5.69 Å². The molecule has 1 fully saturated rings. The highest BCUT2D eigenvalue weighted by Gasteiger charge is 2.40. The fraction of sp³-hybridized carbons (Fsp3) is 0.533. The van der Waals surface area contributed by atoms with Crippen molar-refractivity contribution in [1.82, 2.24) is 20.9 Å². The number of nitro benzene ring substituents is 1. The van der Waals surface area contributed by atoms with Crippen LogP contribution in [0.2, 0.25) is 0 Å². The van der Waals surface area contributed by atoms with Crippen molar-refractivity contribution in [1.29, 1.82) is 0 Å². The Balaban J connectivity index is 0.00000174. The molecule has 7 N–H and O–H groups in total. The predicted octanol–water partition coefficient (Wildman–Crippen LogP) is 1.02. The number of benzene rings is 1. The first kappa shape index (κ1) is 44.2. The maximum atomic E-state index is 13.6. The van der Waals surface area contributed by atoms with Gasteiger partial charge in [-0.2, -0.15) is 13.2 Å². The SMILES string of the molecule is CC[C@H](C)[C@H](NC(C)=O)C(=O)N[C@@H](CCC(=O)O)C(=O)N1CCC[C@H]1C(=O)N[C@@H](CC(=O)O)C(=O)Nc1ccc([N+](=O)[O-])cc1.O=C(O)C(F)(F)F. The summed E-state index contributed by atoms with van der Waals surface area (Å²) in [6.07, 6.45) is -5.69. The Morgan fingerprint density at radius 1 is 0.942 bits per heavy atom. The van der Waals surface area contributed by atoms with Crippen LogP contribution in [0, 0.1) is 16.0 Å². The van der Waals surface area contributed by atoms with Gasteiger partial charge >= 0.3 is 24.1 Å². The van der Waals surface area contributed by atoms with E-state index in [4.69, 9.17) is 9.90 Å². The number of carboxylic acids is 3. The van der Waals surface area contributed by atoms with E-state index >= 15 is 0 Å². The summed E-state index contributed by atoms with van der Waals surface area (Å²) in [7, 11) is 0. The summed E-state index contributed by atoms with van der Waals surface area (Å²) in [5.41, 5.74) is -0.127. The molecular weight excluding hydrogens is 709 g/mol. The Labute approximate surface area is 293 Å². The van der Waals surface area contributed by atoms with E-state index in [1.165, 1.54) is 19.1 Å². The molecule has 0 aromatic heterocycles. The van der Waals surface area contributed by atoms with E-state index < -0.39 is 95.6 Å². The van der Waals surface area contributed by atoms with Crippen LogP contribution < -0.4 is 21.3 Å². The fourth-order valence-corrected chi connectivity index (χ4v) is 4.76. The Morgan fingerprint density at radius 3 is 1.98 bits per heavy atom. The van der Waals surface area contributed by atoms with E-state index in [-0.39, 0.29) is 36.7 Å². The molecule has 1 aliphatic rings. The molecule has 1 aromatic rings. The Hall–Kier alpha value is -5.83. The number of alkyl halides is 3. The molecule has 22 heteroatoms. The van der Waals surface area contributed by atoms with Gasteiger partial charge in [0.05, 0.1) is 11.3 Å². The van der Waals surface area contributed by atoms with Gasteiger partial charge in [0.15, 0.2) is 0 Å². The molecule has 0 unspecified atom stereocenters. The van der Waals surface area contributed by atoms with E-state index in [2.05, 4.69) is 21.3 Å². The number of non-ortho nitro benzene ring substituents is 1. The van der Waals surface area contributed by atoms with Crippen LogP contribution >= 0.6 is 0 Å². The van der Waals surface area contributed by atoms with E-state index in [0.717, 1.165) is 17.0 Å². The first-order valence-electron chi connectivity index (χ1n) is 15.6. The largest absolute Gasteiger partial charge is 0.490 e. The van der Waals surface area contributed by atoms with Crippen molar-refractivity contribution in [3.8, 4) is 0 Å². The van der Waals surface area contributed by atoms with E-state index in [0.29, 0.717) is 12.8 Å². The zero-order valence-corrected chi connectivity index (χ0v) is 28.1. The topological polar surface area (TPSA) is 292 Å². The van der Waals surface area contributed by atoms with Crippen molar-refractivity contribution >= 4 is 58.8 Å². The second kappa shape index (κ2) is 20.1. The zero-order chi connectivity index (χ0) is 39.9. The lowest BCUT2D eigenvalue weighted by atomic mass is 9.97. The van der Waals surface area contributed by atoms with Gasteiger partial charge in [-0.15, -0.1) is 0 Å². The lowest BCUT2D eigenvalue weighted by Crippen LogP contribution is -2.58. The van der Waals surface area contributed by atoms with Crippen LogP contribution in [0.15, 0.2) is 24.3 Å². The standard InChI is InChI=1S/C28H38N6O11.C2HF3O2/c1-4-15(2)24(29-16(3)35)27(42)31-19(11-12-22(36)37)28(43)33-13-5-6-21(33)26(41)32-20(14-23(38)39)25(40)30-17-7-9-18(10-8-17)34(44)45;3-2(4,5)1(6)7/h7-10,15,19-21,24H,4-6,11-14H2,1-3H3,(H,29,35)(H,30,40)(H,31,42)(H,32,41)(H,36,37)(H,38,39);(H,6,7)/t15-,19-,20-,21-,24-;/m0./s1. The third-order valence-corrected chi connectivity index (χ3v) is 7.55. The molecule has 0 radical (unpaired) electrons. The van der Waals surface area contributed by atoms with Crippen molar-refractivity contribution in [3.63, 3.8) is 0 Å². The highest BCUT2D eigenvalue weighted by atomic mass is 19.4. The number of amides is 5. The van der Waals surface area contributed by atoms with Crippen LogP contribution in [0.4, 0.5) is 24.5 Å². The highest BCUT2D eigenvalue weighted by Crippen LogP contribution is 2.21. The molecule has 0 aliphatic carbocycles. The fourth-order valence-electron chi connectivity index (χ4n) is 4.76. The molecule has 52 heavy (non-hydrogen) atoms. The lowest BCUT2D eigenvalue weighted by Gasteiger charge is -2.31. The van der Waals surface area contributed by atoms with Crippen LogP contribution in [-0.4, -0.2) is 109 Å². The van der Waals surface area contributed by atoms with E-state index in [9.17, 15) is 67.1 Å². The Kier molecular flexibility index (Phi) is 17.1. The molecule has 1 aliphatic heterocycles. The summed E-state index contributed by atoms with van der Waals surface area (Å²) in [4.78, 5) is 108. The van der Waals surface area contributed by atoms with Gasteiger partial charge in [0.2, 0.25) is 29.5 Å². The first-order chi connectivity index (χ1) is 24.1. The molecule has 1 saturated heterocycles. The van der Waals surface area contributed by atoms with Crippen LogP contribution in [-0.2, 0) is 38.4 Å². The van der Waals surface area contributed by atoms with Gasteiger partial charge in [-0.05, 0) is 37.3 Å². The third-order valence-electron chi connectivity index (χ3n) is 7.55. The number of nitro groups is 1. The van der Waals surface area contributed by atoms with Gasteiger partial charge < -0.3 is 41.5 Å². The van der Waals surface area contributed by atoms with Crippen LogP contribution in [0.25, 0.3) is 0 Å².